The van der Waals surface area contributed by atoms with Crippen molar-refractivity contribution in [2.45, 2.75) is 13.8 Å². The first-order valence-electron chi connectivity index (χ1n) is 5.51. The normalized spacial score (nSPS) is 11.0. The molecule has 1 heterocycles. The Labute approximate surface area is 109 Å². The van der Waals surface area contributed by atoms with E-state index in [4.69, 9.17) is 5.11 Å². The van der Waals surface area contributed by atoms with E-state index in [1.165, 1.54) is 22.5 Å². The standard InChI is InChI=1S/C14H13NO2S/c1-9-3-5-12(10(2)7-9)14-15-8-11(18-14)4-6-13(16)17/h3-8H,1-2H3,(H,16,17)/b6-4+. The molecule has 0 amide bonds. The summed E-state index contributed by atoms with van der Waals surface area (Å²) in [5.41, 5.74) is 3.50. The first-order valence-corrected chi connectivity index (χ1v) is 6.32. The van der Waals surface area contributed by atoms with Crippen molar-refractivity contribution in [1.29, 1.82) is 0 Å². The lowest BCUT2D eigenvalue weighted by molar-refractivity contribution is -0.131. The molecule has 1 aromatic carbocycles. The van der Waals surface area contributed by atoms with Gasteiger partial charge in [-0.25, -0.2) is 9.78 Å². The maximum Gasteiger partial charge on any atom is 0.328 e. The summed E-state index contributed by atoms with van der Waals surface area (Å²) >= 11 is 1.49. The monoisotopic (exact) mass is 259 g/mol. The molecule has 18 heavy (non-hydrogen) atoms. The number of thiazole rings is 1. The Morgan fingerprint density at radius 1 is 1.39 bits per heavy atom. The highest BCUT2D eigenvalue weighted by molar-refractivity contribution is 7.15. The number of hydrogen-bond donors (Lipinski definition) is 1. The van der Waals surface area contributed by atoms with E-state index in [1.807, 2.05) is 6.07 Å². The number of aromatic nitrogens is 1. The molecule has 0 saturated heterocycles. The van der Waals surface area contributed by atoms with Gasteiger partial charge in [-0.15, -0.1) is 11.3 Å². The molecule has 92 valence electrons. The van der Waals surface area contributed by atoms with Gasteiger partial charge in [0.05, 0.1) is 0 Å². The van der Waals surface area contributed by atoms with E-state index < -0.39 is 5.97 Å². The fourth-order valence-electron chi connectivity index (χ4n) is 1.70. The minimum Gasteiger partial charge on any atom is -0.478 e. The second kappa shape index (κ2) is 5.14. The summed E-state index contributed by atoms with van der Waals surface area (Å²) in [5.74, 6) is -0.948. The summed E-state index contributed by atoms with van der Waals surface area (Å²) in [4.78, 5) is 15.6. The van der Waals surface area contributed by atoms with Gasteiger partial charge in [-0.3, -0.25) is 0 Å². The fraction of sp³-hybridized carbons (Fsp3) is 0.143. The Hall–Kier alpha value is -1.94. The number of rotatable bonds is 3. The molecule has 1 N–H and O–H groups in total. The topological polar surface area (TPSA) is 50.2 Å². The van der Waals surface area contributed by atoms with Crippen molar-refractivity contribution >= 4 is 23.4 Å². The Morgan fingerprint density at radius 3 is 2.83 bits per heavy atom. The van der Waals surface area contributed by atoms with Crippen LogP contribution in [0.4, 0.5) is 0 Å². The van der Waals surface area contributed by atoms with Crippen LogP contribution in [0.3, 0.4) is 0 Å². The van der Waals surface area contributed by atoms with Crippen molar-refractivity contribution in [1.82, 2.24) is 4.98 Å². The van der Waals surface area contributed by atoms with Crippen molar-refractivity contribution in [3.8, 4) is 10.6 Å². The van der Waals surface area contributed by atoms with Crippen LogP contribution in [0, 0.1) is 13.8 Å². The maximum absolute atomic E-state index is 10.4. The Balaban J connectivity index is 2.32. The summed E-state index contributed by atoms with van der Waals surface area (Å²) in [6, 6.07) is 6.22. The van der Waals surface area contributed by atoms with Crippen molar-refractivity contribution in [2.24, 2.45) is 0 Å². The Bertz CT molecular complexity index is 614. The second-order valence-electron chi connectivity index (χ2n) is 4.06. The molecule has 0 atom stereocenters. The third kappa shape index (κ3) is 2.84. The van der Waals surface area contributed by atoms with E-state index in [2.05, 4.69) is 31.0 Å². The van der Waals surface area contributed by atoms with Crippen molar-refractivity contribution < 1.29 is 9.90 Å². The van der Waals surface area contributed by atoms with Gasteiger partial charge in [-0.05, 0) is 25.5 Å². The van der Waals surface area contributed by atoms with Crippen LogP contribution in [0.2, 0.25) is 0 Å². The number of carbonyl (C=O) groups is 1. The summed E-state index contributed by atoms with van der Waals surface area (Å²) in [5, 5.41) is 9.49. The zero-order chi connectivity index (χ0) is 13.1. The molecule has 0 unspecified atom stereocenters. The van der Waals surface area contributed by atoms with Crippen LogP contribution in [0.15, 0.2) is 30.5 Å². The zero-order valence-electron chi connectivity index (χ0n) is 10.2. The van der Waals surface area contributed by atoms with E-state index in [1.54, 1.807) is 12.3 Å². The lowest BCUT2D eigenvalue weighted by Gasteiger charge is -2.02. The molecule has 0 aliphatic carbocycles. The number of carboxylic acids is 1. The van der Waals surface area contributed by atoms with E-state index in [0.717, 1.165) is 21.5 Å². The Morgan fingerprint density at radius 2 is 2.17 bits per heavy atom. The lowest BCUT2D eigenvalue weighted by atomic mass is 10.1. The SMILES string of the molecule is Cc1ccc(-c2ncc(/C=C/C(=O)O)s2)c(C)c1. The third-order valence-electron chi connectivity index (χ3n) is 2.53. The molecule has 0 bridgehead atoms. The van der Waals surface area contributed by atoms with E-state index in [-0.39, 0.29) is 0 Å². The largest absolute Gasteiger partial charge is 0.478 e. The molecule has 0 aliphatic heterocycles. The molecule has 0 aliphatic rings. The molecular weight excluding hydrogens is 246 g/mol. The van der Waals surface area contributed by atoms with Crippen LogP contribution < -0.4 is 0 Å². The van der Waals surface area contributed by atoms with Crippen LogP contribution in [0.1, 0.15) is 16.0 Å². The quantitative estimate of drug-likeness (QED) is 0.858. The minimum atomic E-state index is -0.948. The summed E-state index contributed by atoms with van der Waals surface area (Å²) in [7, 11) is 0. The molecule has 0 fully saturated rings. The number of aryl methyl sites for hydroxylation is 2. The molecule has 0 spiro atoms. The highest BCUT2D eigenvalue weighted by Gasteiger charge is 2.06. The zero-order valence-corrected chi connectivity index (χ0v) is 11.0. The molecule has 2 aromatic rings. The summed E-state index contributed by atoms with van der Waals surface area (Å²) < 4.78 is 0. The van der Waals surface area contributed by atoms with Crippen LogP contribution in [-0.4, -0.2) is 16.1 Å². The third-order valence-corrected chi connectivity index (χ3v) is 3.52. The lowest BCUT2D eigenvalue weighted by Crippen LogP contribution is -1.84. The first kappa shape index (κ1) is 12.5. The highest BCUT2D eigenvalue weighted by atomic mass is 32.1. The van der Waals surface area contributed by atoms with Gasteiger partial charge in [0.2, 0.25) is 0 Å². The van der Waals surface area contributed by atoms with Crippen LogP contribution in [0.5, 0.6) is 0 Å². The van der Waals surface area contributed by atoms with Gasteiger partial charge in [0.1, 0.15) is 5.01 Å². The predicted octanol–water partition coefficient (Wildman–Crippen LogP) is 3.52. The van der Waals surface area contributed by atoms with Gasteiger partial charge < -0.3 is 5.11 Å². The second-order valence-corrected chi connectivity index (χ2v) is 5.12. The number of benzene rings is 1. The van der Waals surface area contributed by atoms with Crippen molar-refractivity contribution in [3.63, 3.8) is 0 Å². The predicted molar refractivity (Wildman–Crippen MR) is 73.7 cm³/mol. The van der Waals surface area contributed by atoms with Gasteiger partial charge in [0.15, 0.2) is 0 Å². The van der Waals surface area contributed by atoms with Gasteiger partial charge in [0.25, 0.3) is 0 Å². The minimum absolute atomic E-state index is 0.840. The van der Waals surface area contributed by atoms with Crippen LogP contribution in [-0.2, 0) is 4.79 Å². The molecule has 0 saturated carbocycles. The number of aliphatic carboxylic acids is 1. The van der Waals surface area contributed by atoms with E-state index >= 15 is 0 Å². The summed E-state index contributed by atoms with van der Waals surface area (Å²) in [6.07, 6.45) is 4.38. The molecule has 3 nitrogen and oxygen atoms in total. The number of hydrogen-bond acceptors (Lipinski definition) is 3. The molecule has 1 aromatic heterocycles. The smallest absolute Gasteiger partial charge is 0.328 e. The van der Waals surface area contributed by atoms with Gasteiger partial charge in [0, 0.05) is 22.7 Å². The van der Waals surface area contributed by atoms with Gasteiger partial charge in [-0.1, -0.05) is 23.8 Å². The number of nitrogens with zero attached hydrogens (tertiary/aromatic N) is 1. The number of carboxylic acid groups (broad SMARTS) is 1. The van der Waals surface area contributed by atoms with E-state index in [0.29, 0.717) is 0 Å². The molecule has 2 rings (SSSR count). The van der Waals surface area contributed by atoms with Crippen LogP contribution in [0.25, 0.3) is 16.6 Å². The first-order chi connectivity index (χ1) is 8.56. The van der Waals surface area contributed by atoms with E-state index in [9.17, 15) is 4.79 Å². The average Bonchev–Trinajstić information content (AvgIpc) is 2.75. The van der Waals surface area contributed by atoms with Crippen molar-refractivity contribution in [3.05, 3.63) is 46.5 Å². The fourth-order valence-corrected chi connectivity index (χ4v) is 2.60. The van der Waals surface area contributed by atoms with Gasteiger partial charge >= 0.3 is 5.97 Å². The Kier molecular flexibility index (Phi) is 3.58. The molecule has 0 radical (unpaired) electrons. The molecule has 4 heteroatoms. The maximum atomic E-state index is 10.4. The average molecular weight is 259 g/mol. The molecular formula is C14H13NO2S. The van der Waals surface area contributed by atoms with Crippen molar-refractivity contribution in [2.75, 3.05) is 0 Å². The highest BCUT2D eigenvalue weighted by Crippen LogP contribution is 2.28. The van der Waals surface area contributed by atoms with Crippen LogP contribution >= 0.6 is 11.3 Å². The van der Waals surface area contributed by atoms with Gasteiger partial charge in [-0.2, -0.15) is 0 Å². The summed E-state index contributed by atoms with van der Waals surface area (Å²) in [6.45, 7) is 4.11.